The zero-order valence-corrected chi connectivity index (χ0v) is 13.5. The fourth-order valence-electron chi connectivity index (χ4n) is 2.87. The predicted octanol–water partition coefficient (Wildman–Crippen LogP) is 1.94. The molecule has 1 aliphatic rings. The Morgan fingerprint density at radius 1 is 1.48 bits per heavy atom. The van der Waals surface area contributed by atoms with Crippen molar-refractivity contribution >= 4 is 11.9 Å². The summed E-state index contributed by atoms with van der Waals surface area (Å²) >= 11 is 0. The number of carboxylic acid groups (broad SMARTS) is 1. The molecule has 126 valence electrons. The Labute approximate surface area is 135 Å². The van der Waals surface area contributed by atoms with Gasteiger partial charge >= 0.3 is 5.97 Å². The van der Waals surface area contributed by atoms with Gasteiger partial charge in [0.15, 0.2) is 0 Å². The molecule has 1 aromatic rings. The molecular weight excluding hydrogens is 298 g/mol. The largest absolute Gasteiger partial charge is 0.497 e. The molecule has 0 saturated carbocycles. The second kappa shape index (κ2) is 7.46. The molecule has 0 bridgehead atoms. The van der Waals surface area contributed by atoms with E-state index in [9.17, 15) is 9.59 Å². The van der Waals surface area contributed by atoms with E-state index < -0.39 is 11.5 Å². The smallest absolute Gasteiger partial charge is 0.305 e. The van der Waals surface area contributed by atoms with Crippen molar-refractivity contribution < 1.29 is 24.2 Å². The molecule has 2 rings (SSSR count). The van der Waals surface area contributed by atoms with Crippen molar-refractivity contribution in [2.24, 2.45) is 0 Å². The highest BCUT2D eigenvalue weighted by atomic mass is 16.5. The Balaban J connectivity index is 1.98. The van der Waals surface area contributed by atoms with E-state index in [2.05, 4.69) is 5.32 Å². The molecule has 1 aliphatic heterocycles. The summed E-state index contributed by atoms with van der Waals surface area (Å²) in [5.74, 6) is -0.334. The predicted molar refractivity (Wildman–Crippen MR) is 84.6 cm³/mol. The van der Waals surface area contributed by atoms with Gasteiger partial charge in [0.1, 0.15) is 5.75 Å². The maximum atomic E-state index is 12.3. The topological polar surface area (TPSA) is 84.9 Å². The lowest BCUT2D eigenvalue weighted by atomic mass is 9.92. The van der Waals surface area contributed by atoms with Crippen molar-refractivity contribution in [3.8, 4) is 5.75 Å². The van der Waals surface area contributed by atoms with Gasteiger partial charge in [-0.15, -0.1) is 0 Å². The van der Waals surface area contributed by atoms with E-state index in [-0.39, 0.29) is 31.3 Å². The number of carbonyl (C=O) groups is 2. The lowest BCUT2D eigenvalue weighted by molar-refractivity contribution is -0.139. The van der Waals surface area contributed by atoms with E-state index in [0.29, 0.717) is 13.0 Å². The number of methoxy groups -OCH3 is 1. The molecule has 1 heterocycles. The summed E-state index contributed by atoms with van der Waals surface area (Å²) in [5, 5.41) is 11.9. The Kier molecular flexibility index (Phi) is 5.60. The van der Waals surface area contributed by atoms with Gasteiger partial charge in [0.05, 0.1) is 25.7 Å². The Morgan fingerprint density at radius 2 is 2.26 bits per heavy atom. The summed E-state index contributed by atoms with van der Waals surface area (Å²) < 4.78 is 10.5. The highest BCUT2D eigenvalue weighted by molar-refractivity contribution is 5.79. The van der Waals surface area contributed by atoms with Crippen molar-refractivity contribution in [2.75, 3.05) is 20.3 Å². The Bertz CT molecular complexity index is 566. The minimum absolute atomic E-state index is 0.00861. The number of ether oxygens (including phenoxy) is 2. The van der Waals surface area contributed by atoms with Crippen LogP contribution in [0.1, 0.15) is 37.7 Å². The number of nitrogens with one attached hydrogen (secondary N) is 1. The van der Waals surface area contributed by atoms with Gasteiger partial charge in [-0.3, -0.25) is 9.59 Å². The molecule has 0 aliphatic carbocycles. The molecule has 1 fully saturated rings. The van der Waals surface area contributed by atoms with Crippen LogP contribution in [-0.4, -0.2) is 42.8 Å². The van der Waals surface area contributed by atoms with Crippen LogP contribution >= 0.6 is 0 Å². The highest BCUT2D eigenvalue weighted by Crippen LogP contribution is 2.26. The van der Waals surface area contributed by atoms with E-state index in [1.807, 2.05) is 31.2 Å². The third kappa shape index (κ3) is 4.69. The summed E-state index contributed by atoms with van der Waals surface area (Å²) in [6.45, 7) is 2.68. The molecule has 6 nitrogen and oxygen atoms in total. The molecule has 2 atom stereocenters. The molecule has 23 heavy (non-hydrogen) atoms. The lowest BCUT2D eigenvalue weighted by Crippen LogP contribution is -2.50. The minimum Gasteiger partial charge on any atom is -0.497 e. The van der Waals surface area contributed by atoms with Crippen molar-refractivity contribution in [2.45, 2.75) is 37.6 Å². The van der Waals surface area contributed by atoms with E-state index in [1.165, 1.54) is 0 Å². The van der Waals surface area contributed by atoms with Crippen molar-refractivity contribution in [3.05, 3.63) is 29.8 Å². The molecule has 2 unspecified atom stereocenters. The van der Waals surface area contributed by atoms with Crippen LogP contribution in [0.2, 0.25) is 0 Å². The van der Waals surface area contributed by atoms with Crippen LogP contribution in [0, 0.1) is 0 Å². The van der Waals surface area contributed by atoms with Crippen LogP contribution in [-0.2, 0) is 14.3 Å². The monoisotopic (exact) mass is 321 g/mol. The molecule has 1 amide bonds. The second-order valence-corrected chi connectivity index (χ2v) is 6.08. The van der Waals surface area contributed by atoms with E-state index >= 15 is 0 Å². The highest BCUT2D eigenvalue weighted by Gasteiger charge is 2.38. The molecule has 0 radical (unpaired) electrons. The zero-order chi connectivity index (χ0) is 16.9. The first-order valence-electron chi connectivity index (χ1n) is 7.68. The summed E-state index contributed by atoms with van der Waals surface area (Å²) in [6.07, 6.45) is 0.694. The standard InChI is InChI=1S/C17H23NO5/c1-12(13-4-3-5-14(9-13)22-2)8-15(19)18-17(10-16(20)21)6-7-23-11-17/h3-5,9,12H,6-8,10-11H2,1-2H3,(H,18,19)(H,20,21). The van der Waals surface area contributed by atoms with Gasteiger partial charge in [-0.2, -0.15) is 0 Å². The Morgan fingerprint density at radius 3 is 2.87 bits per heavy atom. The number of hydrogen-bond acceptors (Lipinski definition) is 4. The number of amides is 1. The number of benzene rings is 1. The van der Waals surface area contributed by atoms with Crippen molar-refractivity contribution in [1.29, 1.82) is 0 Å². The van der Waals surface area contributed by atoms with Gasteiger partial charge in [-0.05, 0) is 30.0 Å². The molecule has 2 N–H and O–H groups in total. The maximum absolute atomic E-state index is 12.3. The summed E-state index contributed by atoms with van der Waals surface area (Å²) in [6, 6.07) is 7.60. The summed E-state index contributed by atoms with van der Waals surface area (Å²) in [4.78, 5) is 23.4. The SMILES string of the molecule is COc1cccc(C(C)CC(=O)NC2(CC(=O)O)CCOC2)c1. The average molecular weight is 321 g/mol. The fourth-order valence-corrected chi connectivity index (χ4v) is 2.87. The quantitative estimate of drug-likeness (QED) is 0.801. The molecular formula is C17H23NO5. The number of rotatable bonds is 7. The zero-order valence-electron chi connectivity index (χ0n) is 13.5. The van der Waals surface area contributed by atoms with E-state index in [0.717, 1.165) is 11.3 Å². The van der Waals surface area contributed by atoms with Crippen LogP contribution < -0.4 is 10.1 Å². The van der Waals surface area contributed by atoms with Gasteiger partial charge in [-0.1, -0.05) is 19.1 Å². The Hall–Kier alpha value is -2.08. The van der Waals surface area contributed by atoms with Gasteiger partial charge in [0, 0.05) is 13.0 Å². The average Bonchev–Trinajstić information content (AvgIpc) is 2.94. The number of carboxylic acids is 1. The van der Waals surface area contributed by atoms with E-state index in [4.69, 9.17) is 14.6 Å². The van der Waals surface area contributed by atoms with Crippen molar-refractivity contribution in [1.82, 2.24) is 5.32 Å². The van der Waals surface area contributed by atoms with Gasteiger partial charge in [0.25, 0.3) is 0 Å². The summed E-state index contributed by atoms with van der Waals surface area (Å²) in [7, 11) is 1.60. The fraction of sp³-hybridized carbons (Fsp3) is 0.529. The number of aliphatic carboxylic acids is 1. The van der Waals surface area contributed by atoms with Crippen LogP contribution in [0.15, 0.2) is 24.3 Å². The van der Waals surface area contributed by atoms with Crippen LogP contribution in [0.25, 0.3) is 0 Å². The van der Waals surface area contributed by atoms with Gasteiger partial charge in [0.2, 0.25) is 5.91 Å². The molecule has 1 aromatic carbocycles. The molecule has 0 aromatic heterocycles. The number of hydrogen-bond donors (Lipinski definition) is 2. The van der Waals surface area contributed by atoms with E-state index in [1.54, 1.807) is 7.11 Å². The first-order valence-corrected chi connectivity index (χ1v) is 7.68. The summed E-state index contributed by atoms with van der Waals surface area (Å²) in [5.41, 5.74) is 0.228. The first kappa shape index (κ1) is 17.3. The van der Waals surface area contributed by atoms with Gasteiger partial charge in [-0.25, -0.2) is 0 Å². The van der Waals surface area contributed by atoms with Crippen LogP contribution in [0.3, 0.4) is 0 Å². The van der Waals surface area contributed by atoms with Crippen molar-refractivity contribution in [3.63, 3.8) is 0 Å². The normalized spacial score (nSPS) is 21.7. The number of carbonyl (C=O) groups excluding carboxylic acids is 1. The first-order chi connectivity index (χ1) is 10.9. The lowest BCUT2D eigenvalue weighted by Gasteiger charge is -2.27. The third-order valence-corrected chi connectivity index (χ3v) is 4.15. The third-order valence-electron chi connectivity index (χ3n) is 4.15. The molecule has 1 saturated heterocycles. The maximum Gasteiger partial charge on any atom is 0.305 e. The second-order valence-electron chi connectivity index (χ2n) is 6.08. The molecule has 0 spiro atoms. The van der Waals surface area contributed by atoms with Gasteiger partial charge < -0.3 is 19.9 Å². The molecule has 6 heteroatoms. The van der Waals surface area contributed by atoms with Crippen LogP contribution in [0.5, 0.6) is 5.75 Å². The van der Waals surface area contributed by atoms with Crippen LogP contribution in [0.4, 0.5) is 0 Å². The minimum atomic E-state index is -0.934.